The number of aromatic nitrogens is 2. The first kappa shape index (κ1) is 19.8. The maximum Gasteiger partial charge on any atom is 0.252 e. The summed E-state index contributed by atoms with van der Waals surface area (Å²) in [6, 6.07) is 22.7. The van der Waals surface area contributed by atoms with E-state index in [9.17, 15) is 9.18 Å². The van der Waals surface area contributed by atoms with E-state index in [1.807, 2.05) is 48.5 Å². The molecule has 0 unspecified atom stereocenters. The van der Waals surface area contributed by atoms with Crippen molar-refractivity contribution in [2.24, 2.45) is 5.73 Å². The van der Waals surface area contributed by atoms with Crippen LogP contribution >= 0.6 is 0 Å². The molecule has 0 saturated heterocycles. The highest BCUT2D eigenvalue weighted by atomic mass is 19.1. The molecule has 0 spiro atoms. The van der Waals surface area contributed by atoms with E-state index in [2.05, 4.69) is 16.3 Å². The zero-order valence-electron chi connectivity index (χ0n) is 17.4. The lowest BCUT2D eigenvalue weighted by Crippen LogP contribution is -2.13. The van der Waals surface area contributed by atoms with Crippen molar-refractivity contribution in [2.75, 3.05) is 7.11 Å². The minimum absolute atomic E-state index is 0.298. The maximum atomic E-state index is 14.9. The first-order valence-electron chi connectivity index (χ1n) is 10.2. The SMILES string of the molecule is COc1c(Cc2cc(F)c3[nH]nc(-c4ccc5ccccc5c4)c3c2)cccc1C(N)=O. The lowest BCUT2D eigenvalue weighted by atomic mass is 9.98. The molecule has 0 saturated carbocycles. The Morgan fingerprint density at radius 2 is 1.84 bits per heavy atom. The van der Waals surface area contributed by atoms with Crippen LogP contribution in [-0.2, 0) is 6.42 Å². The second-order valence-corrected chi connectivity index (χ2v) is 7.67. The van der Waals surface area contributed by atoms with Gasteiger partial charge in [-0.25, -0.2) is 4.39 Å². The molecule has 5 rings (SSSR count). The number of ether oxygens (including phenoxy) is 1. The molecule has 4 aromatic carbocycles. The molecular formula is C26H20FN3O2. The zero-order valence-corrected chi connectivity index (χ0v) is 17.4. The molecule has 0 radical (unpaired) electrons. The molecule has 158 valence electrons. The van der Waals surface area contributed by atoms with Gasteiger partial charge in [0, 0.05) is 17.4 Å². The van der Waals surface area contributed by atoms with Gasteiger partial charge < -0.3 is 10.5 Å². The van der Waals surface area contributed by atoms with Gasteiger partial charge in [-0.2, -0.15) is 5.10 Å². The van der Waals surface area contributed by atoms with Crippen LogP contribution in [0.25, 0.3) is 32.9 Å². The number of benzene rings is 4. The third kappa shape index (κ3) is 3.36. The Kier molecular flexibility index (Phi) is 4.82. The van der Waals surface area contributed by atoms with Crippen molar-refractivity contribution >= 4 is 27.6 Å². The summed E-state index contributed by atoms with van der Waals surface area (Å²) >= 11 is 0. The van der Waals surface area contributed by atoms with Crippen molar-refractivity contribution in [3.8, 4) is 17.0 Å². The standard InChI is InChI=1S/C26H20FN3O2/c1-32-25-19(7-4-8-20(25)26(28)31)11-15-12-21-23(29-30-24(21)22(27)13-15)18-10-9-16-5-2-3-6-17(16)14-18/h2-10,12-14H,11H2,1H3,(H2,28,31)(H,29,30). The Bertz CT molecular complexity index is 1490. The summed E-state index contributed by atoms with van der Waals surface area (Å²) in [5.41, 5.74) is 9.19. The van der Waals surface area contributed by atoms with Crippen LogP contribution in [0.5, 0.6) is 5.75 Å². The van der Waals surface area contributed by atoms with Crippen molar-refractivity contribution in [3.05, 3.63) is 95.3 Å². The largest absolute Gasteiger partial charge is 0.496 e. The van der Waals surface area contributed by atoms with E-state index in [1.165, 1.54) is 13.2 Å². The molecule has 5 aromatic rings. The van der Waals surface area contributed by atoms with Gasteiger partial charge in [-0.1, -0.05) is 48.5 Å². The Morgan fingerprint density at radius 1 is 1.03 bits per heavy atom. The molecule has 1 amide bonds. The Hall–Kier alpha value is -4.19. The van der Waals surface area contributed by atoms with Gasteiger partial charge in [0.15, 0.2) is 0 Å². The number of H-pyrrole nitrogens is 1. The third-order valence-electron chi connectivity index (χ3n) is 5.67. The number of aromatic amines is 1. The molecule has 0 aliphatic rings. The zero-order chi connectivity index (χ0) is 22.2. The molecule has 0 bridgehead atoms. The molecule has 0 atom stereocenters. The van der Waals surface area contributed by atoms with Crippen LogP contribution in [0.4, 0.5) is 4.39 Å². The lowest BCUT2D eigenvalue weighted by molar-refractivity contribution is 0.0997. The van der Waals surface area contributed by atoms with Gasteiger partial charge in [0.1, 0.15) is 22.8 Å². The van der Waals surface area contributed by atoms with E-state index in [-0.39, 0.29) is 5.82 Å². The quantitative estimate of drug-likeness (QED) is 0.405. The predicted molar refractivity (Wildman–Crippen MR) is 123 cm³/mol. The molecule has 3 N–H and O–H groups in total. The molecule has 6 heteroatoms. The number of nitrogens with zero attached hydrogens (tertiary/aromatic N) is 1. The highest BCUT2D eigenvalue weighted by Crippen LogP contribution is 2.32. The maximum absolute atomic E-state index is 14.9. The summed E-state index contributed by atoms with van der Waals surface area (Å²) in [5.74, 6) is -0.553. The molecular weight excluding hydrogens is 405 g/mol. The number of halogens is 1. The van der Waals surface area contributed by atoms with E-state index in [4.69, 9.17) is 10.5 Å². The number of carbonyl (C=O) groups excluding carboxylic acids is 1. The molecule has 1 aromatic heterocycles. The van der Waals surface area contributed by atoms with E-state index in [0.29, 0.717) is 34.3 Å². The molecule has 32 heavy (non-hydrogen) atoms. The third-order valence-corrected chi connectivity index (χ3v) is 5.67. The number of fused-ring (bicyclic) bond motifs is 2. The number of rotatable bonds is 5. The molecule has 0 aliphatic carbocycles. The van der Waals surface area contributed by atoms with Crippen LogP contribution in [0.3, 0.4) is 0 Å². The summed E-state index contributed by atoms with van der Waals surface area (Å²) < 4.78 is 20.4. The van der Waals surface area contributed by atoms with Crippen molar-refractivity contribution in [1.82, 2.24) is 10.2 Å². The molecule has 0 fully saturated rings. The smallest absolute Gasteiger partial charge is 0.252 e. The number of para-hydroxylation sites is 1. The fraction of sp³-hybridized carbons (Fsp3) is 0.0769. The first-order valence-corrected chi connectivity index (χ1v) is 10.2. The fourth-order valence-electron chi connectivity index (χ4n) is 4.17. The van der Waals surface area contributed by atoms with Crippen LogP contribution in [-0.4, -0.2) is 23.2 Å². The number of nitrogens with two attached hydrogens (primary N) is 1. The van der Waals surface area contributed by atoms with Crippen molar-refractivity contribution in [1.29, 1.82) is 0 Å². The molecule has 5 nitrogen and oxygen atoms in total. The summed E-state index contributed by atoms with van der Waals surface area (Å²) in [7, 11) is 1.49. The number of methoxy groups -OCH3 is 1. The number of nitrogens with one attached hydrogen (secondary N) is 1. The summed E-state index contributed by atoms with van der Waals surface area (Å²) in [4.78, 5) is 11.7. The van der Waals surface area contributed by atoms with Gasteiger partial charge >= 0.3 is 0 Å². The van der Waals surface area contributed by atoms with Crippen LogP contribution in [0, 0.1) is 5.82 Å². The van der Waals surface area contributed by atoms with E-state index in [1.54, 1.807) is 12.1 Å². The molecule has 1 heterocycles. The van der Waals surface area contributed by atoms with E-state index in [0.717, 1.165) is 27.5 Å². The van der Waals surface area contributed by atoms with Gasteiger partial charge in [0.05, 0.1) is 12.7 Å². The Labute approximate surface area is 183 Å². The van der Waals surface area contributed by atoms with E-state index >= 15 is 0 Å². The number of primary amides is 1. The van der Waals surface area contributed by atoms with Crippen LogP contribution in [0.1, 0.15) is 21.5 Å². The van der Waals surface area contributed by atoms with Crippen LogP contribution < -0.4 is 10.5 Å². The van der Waals surface area contributed by atoms with Gasteiger partial charge in [-0.3, -0.25) is 9.89 Å². The Morgan fingerprint density at radius 3 is 2.62 bits per heavy atom. The van der Waals surface area contributed by atoms with E-state index < -0.39 is 5.91 Å². The monoisotopic (exact) mass is 425 g/mol. The number of amides is 1. The summed E-state index contributed by atoms with van der Waals surface area (Å²) in [5, 5.41) is 10.1. The minimum atomic E-state index is -0.571. The summed E-state index contributed by atoms with van der Waals surface area (Å²) in [6.45, 7) is 0. The average Bonchev–Trinajstić information content (AvgIpc) is 3.23. The van der Waals surface area contributed by atoms with Crippen molar-refractivity contribution in [3.63, 3.8) is 0 Å². The van der Waals surface area contributed by atoms with Crippen molar-refractivity contribution < 1.29 is 13.9 Å². The second-order valence-electron chi connectivity index (χ2n) is 7.67. The van der Waals surface area contributed by atoms with Gasteiger partial charge in [0.2, 0.25) is 0 Å². The van der Waals surface area contributed by atoms with Gasteiger partial charge in [-0.15, -0.1) is 0 Å². The predicted octanol–water partition coefficient (Wildman–Crippen LogP) is 5.22. The van der Waals surface area contributed by atoms with Crippen LogP contribution in [0.15, 0.2) is 72.8 Å². The fourth-order valence-corrected chi connectivity index (χ4v) is 4.17. The normalized spacial score (nSPS) is 11.2. The number of hydrogen-bond donors (Lipinski definition) is 2. The van der Waals surface area contributed by atoms with Crippen LogP contribution in [0.2, 0.25) is 0 Å². The van der Waals surface area contributed by atoms with Gasteiger partial charge in [0.25, 0.3) is 5.91 Å². The lowest BCUT2D eigenvalue weighted by Gasteiger charge is -2.12. The number of carbonyl (C=O) groups is 1. The second kappa shape index (κ2) is 7.81. The van der Waals surface area contributed by atoms with Crippen molar-refractivity contribution in [2.45, 2.75) is 6.42 Å². The first-order chi connectivity index (χ1) is 15.5. The summed E-state index contributed by atoms with van der Waals surface area (Å²) in [6.07, 6.45) is 0.374. The highest BCUT2D eigenvalue weighted by molar-refractivity contribution is 5.97. The van der Waals surface area contributed by atoms with Gasteiger partial charge in [-0.05, 0) is 46.2 Å². The molecule has 0 aliphatic heterocycles. The Balaban J connectivity index is 1.61. The highest BCUT2D eigenvalue weighted by Gasteiger charge is 2.17. The minimum Gasteiger partial charge on any atom is -0.496 e. The topological polar surface area (TPSA) is 81.0 Å². The average molecular weight is 425 g/mol. The number of hydrogen-bond acceptors (Lipinski definition) is 3.